The molecule has 1 heterocycles. The minimum absolute atomic E-state index is 0.154. The molecule has 0 atom stereocenters. The first-order valence-electron chi connectivity index (χ1n) is 5.63. The van der Waals surface area contributed by atoms with Gasteiger partial charge in [0.15, 0.2) is 5.17 Å². The molecule has 1 aliphatic heterocycles. The van der Waals surface area contributed by atoms with Crippen molar-refractivity contribution in [3.63, 3.8) is 0 Å². The number of rotatable bonds is 2. The van der Waals surface area contributed by atoms with Gasteiger partial charge in [0.1, 0.15) is 0 Å². The van der Waals surface area contributed by atoms with Crippen LogP contribution in [-0.4, -0.2) is 17.5 Å². The van der Waals surface area contributed by atoms with Gasteiger partial charge in [-0.05, 0) is 18.1 Å². The summed E-state index contributed by atoms with van der Waals surface area (Å²) in [6.45, 7) is 0.901. The summed E-state index contributed by atoms with van der Waals surface area (Å²) in [5.41, 5.74) is -0.335. The van der Waals surface area contributed by atoms with E-state index in [0.29, 0.717) is 0 Å². The van der Waals surface area contributed by atoms with Gasteiger partial charge in [0, 0.05) is 18.8 Å². The maximum absolute atomic E-state index is 12.8. The Balaban J connectivity index is 2.07. The highest BCUT2D eigenvalue weighted by Crippen LogP contribution is 2.31. The zero-order valence-corrected chi connectivity index (χ0v) is 10.4. The van der Waals surface area contributed by atoms with Crippen LogP contribution in [0.3, 0.4) is 0 Å². The molecule has 0 saturated heterocycles. The van der Waals surface area contributed by atoms with E-state index in [1.165, 1.54) is 12.1 Å². The van der Waals surface area contributed by atoms with E-state index in [4.69, 9.17) is 0 Å². The van der Waals surface area contributed by atoms with Crippen molar-refractivity contribution in [1.82, 2.24) is 5.32 Å². The first-order valence-corrected chi connectivity index (χ1v) is 6.62. The minimum Gasteiger partial charge on any atom is -0.361 e. The van der Waals surface area contributed by atoms with E-state index >= 15 is 0 Å². The van der Waals surface area contributed by atoms with E-state index in [1.807, 2.05) is 0 Å². The number of hydrogen-bond acceptors (Lipinski definition) is 3. The van der Waals surface area contributed by atoms with Crippen LogP contribution in [0.15, 0.2) is 29.3 Å². The first-order chi connectivity index (χ1) is 8.57. The molecule has 1 aromatic rings. The van der Waals surface area contributed by atoms with Crippen LogP contribution in [0.1, 0.15) is 17.5 Å². The summed E-state index contributed by atoms with van der Waals surface area (Å²) in [6, 6.07) is 5.61. The summed E-state index contributed by atoms with van der Waals surface area (Å²) in [5, 5.41) is 3.70. The SMILES string of the molecule is FC(F)(F)c1ccccc1CNC1=NCCCS1. The van der Waals surface area contributed by atoms with Crippen LogP contribution in [0.5, 0.6) is 0 Å². The van der Waals surface area contributed by atoms with Crippen LogP contribution < -0.4 is 5.32 Å². The zero-order valence-electron chi connectivity index (χ0n) is 9.63. The molecule has 0 radical (unpaired) electrons. The number of amidine groups is 1. The van der Waals surface area contributed by atoms with Crippen LogP contribution in [-0.2, 0) is 12.7 Å². The Morgan fingerprint density at radius 3 is 2.72 bits per heavy atom. The Morgan fingerprint density at radius 1 is 1.28 bits per heavy atom. The molecule has 1 N–H and O–H groups in total. The van der Waals surface area contributed by atoms with Gasteiger partial charge in [-0.2, -0.15) is 13.2 Å². The lowest BCUT2D eigenvalue weighted by molar-refractivity contribution is -0.138. The van der Waals surface area contributed by atoms with Gasteiger partial charge in [-0.1, -0.05) is 30.0 Å². The molecule has 0 aliphatic carbocycles. The van der Waals surface area contributed by atoms with Gasteiger partial charge in [0.05, 0.1) is 5.56 Å². The molecule has 0 unspecified atom stereocenters. The maximum atomic E-state index is 12.8. The number of nitrogens with one attached hydrogen (secondary N) is 1. The fourth-order valence-electron chi connectivity index (χ4n) is 1.69. The van der Waals surface area contributed by atoms with Crippen molar-refractivity contribution < 1.29 is 13.2 Å². The van der Waals surface area contributed by atoms with E-state index in [2.05, 4.69) is 10.3 Å². The van der Waals surface area contributed by atoms with Crippen LogP contribution in [0.2, 0.25) is 0 Å². The summed E-state index contributed by atoms with van der Waals surface area (Å²) in [6.07, 6.45) is -3.28. The highest BCUT2D eigenvalue weighted by Gasteiger charge is 2.32. The molecule has 2 rings (SSSR count). The first kappa shape index (κ1) is 13.3. The predicted molar refractivity (Wildman–Crippen MR) is 67.7 cm³/mol. The standard InChI is InChI=1S/C12H13F3N2S/c13-12(14,15)10-5-2-1-4-9(10)8-17-11-16-6-3-7-18-11/h1-2,4-5H,3,6-8H2,(H,16,17). The molecule has 18 heavy (non-hydrogen) atoms. The molecule has 98 valence electrons. The molecule has 2 nitrogen and oxygen atoms in total. The molecular weight excluding hydrogens is 261 g/mol. The number of hydrogen-bond donors (Lipinski definition) is 1. The Kier molecular flexibility index (Phi) is 4.16. The van der Waals surface area contributed by atoms with E-state index in [-0.39, 0.29) is 12.1 Å². The lowest BCUT2D eigenvalue weighted by atomic mass is 10.1. The van der Waals surface area contributed by atoms with Crippen molar-refractivity contribution in [1.29, 1.82) is 0 Å². The topological polar surface area (TPSA) is 24.4 Å². The number of benzene rings is 1. The zero-order chi connectivity index (χ0) is 13.0. The molecule has 6 heteroatoms. The Hall–Kier alpha value is -1.17. The highest BCUT2D eigenvalue weighted by molar-refractivity contribution is 8.13. The van der Waals surface area contributed by atoms with Crippen molar-refractivity contribution in [3.8, 4) is 0 Å². The summed E-state index contributed by atoms with van der Waals surface area (Å²) < 4.78 is 38.3. The van der Waals surface area contributed by atoms with Gasteiger partial charge in [0.2, 0.25) is 0 Å². The Morgan fingerprint density at radius 2 is 2.06 bits per heavy atom. The third-order valence-electron chi connectivity index (χ3n) is 2.55. The van der Waals surface area contributed by atoms with Crippen molar-refractivity contribution in [2.45, 2.75) is 19.1 Å². The van der Waals surface area contributed by atoms with Crippen LogP contribution in [0.25, 0.3) is 0 Å². The van der Waals surface area contributed by atoms with Gasteiger partial charge in [-0.25, -0.2) is 0 Å². The maximum Gasteiger partial charge on any atom is 0.416 e. The van der Waals surface area contributed by atoms with Crippen LogP contribution >= 0.6 is 11.8 Å². The molecule has 1 aromatic carbocycles. The predicted octanol–water partition coefficient (Wildman–Crippen LogP) is 3.29. The van der Waals surface area contributed by atoms with Crippen LogP contribution in [0, 0.1) is 0 Å². The van der Waals surface area contributed by atoms with Gasteiger partial charge in [0.25, 0.3) is 0 Å². The summed E-state index contributed by atoms with van der Waals surface area (Å²) >= 11 is 1.55. The van der Waals surface area contributed by atoms with Gasteiger partial charge in [-0.15, -0.1) is 0 Å². The summed E-state index contributed by atoms with van der Waals surface area (Å²) in [4.78, 5) is 4.22. The average Bonchev–Trinajstić information content (AvgIpc) is 2.37. The van der Waals surface area contributed by atoms with Crippen molar-refractivity contribution >= 4 is 16.9 Å². The van der Waals surface area contributed by atoms with Crippen molar-refractivity contribution in [2.24, 2.45) is 4.99 Å². The Labute approximate surface area is 108 Å². The Bertz CT molecular complexity index is 443. The smallest absolute Gasteiger partial charge is 0.361 e. The quantitative estimate of drug-likeness (QED) is 0.895. The fraction of sp³-hybridized carbons (Fsp3) is 0.417. The molecule has 0 amide bonds. The van der Waals surface area contributed by atoms with Gasteiger partial charge in [-0.3, -0.25) is 4.99 Å². The summed E-state index contributed by atoms with van der Waals surface area (Å²) in [5.74, 6) is 0.965. The third-order valence-corrected chi connectivity index (χ3v) is 3.59. The molecule has 0 saturated carbocycles. The number of nitrogens with zero attached hydrogens (tertiary/aromatic N) is 1. The third kappa shape index (κ3) is 3.41. The lowest BCUT2D eigenvalue weighted by Crippen LogP contribution is -2.24. The van der Waals surface area contributed by atoms with E-state index in [9.17, 15) is 13.2 Å². The molecule has 0 fully saturated rings. The van der Waals surface area contributed by atoms with E-state index in [0.717, 1.165) is 30.0 Å². The van der Waals surface area contributed by atoms with E-state index < -0.39 is 11.7 Å². The second-order valence-corrected chi connectivity index (χ2v) is 4.98. The number of halogens is 3. The minimum atomic E-state index is -4.31. The average molecular weight is 274 g/mol. The number of alkyl halides is 3. The van der Waals surface area contributed by atoms with Gasteiger partial charge >= 0.3 is 6.18 Å². The fourth-order valence-corrected chi connectivity index (χ4v) is 2.51. The number of thioether (sulfide) groups is 1. The monoisotopic (exact) mass is 274 g/mol. The molecular formula is C12H13F3N2S. The normalized spacial score (nSPS) is 16.3. The van der Waals surface area contributed by atoms with Crippen molar-refractivity contribution in [3.05, 3.63) is 35.4 Å². The summed E-state index contributed by atoms with van der Waals surface area (Å²) in [7, 11) is 0. The largest absolute Gasteiger partial charge is 0.416 e. The van der Waals surface area contributed by atoms with Crippen molar-refractivity contribution in [2.75, 3.05) is 12.3 Å². The van der Waals surface area contributed by atoms with E-state index in [1.54, 1.807) is 17.8 Å². The number of aliphatic imine (C=N–C) groups is 1. The van der Waals surface area contributed by atoms with Crippen LogP contribution in [0.4, 0.5) is 13.2 Å². The molecule has 0 spiro atoms. The second-order valence-electron chi connectivity index (χ2n) is 3.90. The van der Waals surface area contributed by atoms with Gasteiger partial charge < -0.3 is 5.32 Å². The molecule has 0 bridgehead atoms. The molecule has 0 aromatic heterocycles. The lowest BCUT2D eigenvalue weighted by Gasteiger charge is -2.16. The second kappa shape index (κ2) is 5.65. The highest BCUT2D eigenvalue weighted by atomic mass is 32.2. The molecule has 1 aliphatic rings.